The van der Waals surface area contributed by atoms with Crippen LogP contribution in [-0.4, -0.2) is 60.4 Å². The summed E-state index contributed by atoms with van der Waals surface area (Å²) in [6.07, 6.45) is 0.380. The Morgan fingerprint density at radius 1 is 1.39 bits per heavy atom. The highest BCUT2D eigenvalue weighted by atomic mass is 16.5. The van der Waals surface area contributed by atoms with Gasteiger partial charge in [0.1, 0.15) is 5.60 Å². The predicted octanol–water partition coefficient (Wildman–Crippen LogP) is 0.502. The summed E-state index contributed by atoms with van der Waals surface area (Å²) in [5.74, 6) is -1.11. The van der Waals surface area contributed by atoms with E-state index in [0.717, 1.165) is 0 Å². The van der Waals surface area contributed by atoms with Crippen molar-refractivity contribution in [2.45, 2.75) is 44.4 Å². The second kappa shape index (κ2) is 5.67. The molecule has 18 heavy (non-hydrogen) atoms. The van der Waals surface area contributed by atoms with E-state index in [2.05, 4.69) is 0 Å². The van der Waals surface area contributed by atoms with E-state index >= 15 is 0 Å². The molecule has 0 aromatic carbocycles. The number of carboxylic acid groups (broad SMARTS) is 1. The molecule has 0 saturated carbocycles. The van der Waals surface area contributed by atoms with Gasteiger partial charge in [-0.25, -0.2) is 0 Å². The Bertz CT molecular complexity index is 328. The van der Waals surface area contributed by atoms with Crippen molar-refractivity contribution in [2.75, 3.05) is 20.8 Å². The molecule has 0 aromatic rings. The Hall–Kier alpha value is -1.14. The number of nitrogens with zero attached hydrogens (tertiary/aromatic N) is 1. The number of hydrogen-bond donors (Lipinski definition) is 1. The van der Waals surface area contributed by atoms with Gasteiger partial charge >= 0.3 is 5.97 Å². The number of carboxylic acids is 1. The molecule has 1 rings (SSSR count). The number of aliphatic carboxylic acids is 1. The number of ether oxygens (including phenoxy) is 2. The molecule has 2 atom stereocenters. The van der Waals surface area contributed by atoms with E-state index in [1.54, 1.807) is 25.9 Å². The van der Waals surface area contributed by atoms with Gasteiger partial charge in [-0.1, -0.05) is 0 Å². The lowest BCUT2D eigenvalue weighted by Crippen LogP contribution is -2.49. The second-order valence-corrected chi connectivity index (χ2v) is 5.02. The molecule has 6 heteroatoms. The Balaban J connectivity index is 2.83. The molecule has 0 aromatic heterocycles. The fourth-order valence-electron chi connectivity index (χ4n) is 2.12. The number of likely N-dealkylation sites (tertiary alicyclic amines) is 1. The number of carbonyl (C=O) groups excluding carboxylic acids is 1. The van der Waals surface area contributed by atoms with Crippen LogP contribution >= 0.6 is 0 Å². The predicted molar refractivity (Wildman–Crippen MR) is 64.3 cm³/mol. The van der Waals surface area contributed by atoms with Gasteiger partial charge in [0.2, 0.25) is 0 Å². The van der Waals surface area contributed by atoms with Crippen LogP contribution in [0.25, 0.3) is 0 Å². The third-order valence-electron chi connectivity index (χ3n) is 3.41. The summed E-state index contributed by atoms with van der Waals surface area (Å²) in [5, 5.41) is 8.88. The molecule has 0 aliphatic carbocycles. The average molecular weight is 259 g/mol. The van der Waals surface area contributed by atoms with Crippen LogP contribution in [0.15, 0.2) is 0 Å². The van der Waals surface area contributed by atoms with Crippen molar-refractivity contribution < 1.29 is 24.2 Å². The van der Waals surface area contributed by atoms with E-state index in [4.69, 9.17) is 14.6 Å². The van der Waals surface area contributed by atoms with Crippen LogP contribution in [-0.2, 0) is 19.1 Å². The molecule has 1 saturated heterocycles. The summed E-state index contributed by atoms with van der Waals surface area (Å²) < 4.78 is 10.4. The van der Waals surface area contributed by atoms with E-state index in [1.807, 2.05) is 0 Å². The molecule has 1 amide bonds. The Labute approximate surface area is 107 Å². The average Bonchev–Trinajstić information content (AvgIpc) is 2.70. The Morgan fingerprint density at radius 2 is 2.00 bits per heavy atom. The zero-order chi connectivity index (χ0) is 13.9. The summed E-state index contributed by atoms with van der Waals surface area (Å²) >= 11 is 0. The van der Waals surface area contributed by atoms with Crippen LogP contribution in [0.5, 0.6) is 0 Å². The van der Waals surface area contributed by atoms with Crippen molar-refractivity contribution in [3.05, 3.63) is 0 Å². The molecule has 1 fully saturated rings. The highest BCUT2D eigenvalue weighted by molar-refractivity contribution is 5.85. The van der Waals surface area contributed by atoms with E-state index in [-0.39, 0.29) is 24.5 Å². The number of amides is 1. The van der Waals surface area contributed by atoms with Crippen LogP contribution in [0, 0.1) is 0 Å². The van der Waals surface area contributed by atoms with Crippen LogP contribution in [0.1, 0.15) is 26.7 Å². The van der Waals surface area contributed by atoms with Gasteiger partial charge in [-0.05, 0) is 20.3 Å². The maximum Gasteiger partial charge on any atom is 0.305 e. The quantitative estimate of drug-likeness (QED) is 0.778. The van der Waals surface area contributed by atoms with Crippen molar-refractivity contribution in [2.24, 2.45) is 0 Å². The highest BCUT2D eigenvalue weighted by Crippen LogP contribution is 2.26. The van der Waals surface area contributed by atoms with Crippen molar-refractivity contribution >= 4 is 11.9 Å². The molecule has 6 nitrogen and oxygen atoms in total. The van der Waals surface area contributed by atoms with Gasteiger partial charge in [-0.2, -0.15) is 0 Å². The van der Waals surface area contributed by atoms with Crippen molar-refractivity contribution in [3.8, 4) is 0 Å². The van der Waals surface area contributed by atoms with E-state index in [1.165, 1.54) is 7.11 Å². The zero-order valence-corrected chi connectivity index (χ0v) is 11.3. The van der Waals surface area contributed by atoms with Gasteiger partial charge < -0.3 is 19.5 Å². The molecule has 1 aliphatic rings. The SMILES string of the molecule is COC1CC(CC(=O)O)N(C(=O)C(C)(C)OC)C1. The number of rotatable bonds is 5. The lowest BCUT2D eigenvalue weighted by atomic mass is 10.1. The first kappa shape index (κ1) is 14.9. The van der Waals surface area contributed by atoms with Crippen molar-refractivity contribution in [1.29, 1.82) is 0 Å². The Morgan fingerprint density at radius 3 is 2.44 bits per heavy atom. The lowest BCUT2D eigenvalue weighted by Gasteiger charge is -2.31. The van der Waals surface area contributed by atoms with Crippen LogP contribution in [0.2, 0.25) is 0 Å². The maximum atomic E-state index is 12.3. The molecular formula is C12H21NO5. The standard InChI is InChI=1S/C12H21NO5/c1-12(2,18-4)11(16)13-7-9(17-3)5-8(13)6-10(14)15/h8-9H,5-7H2,1-4H3,(H,14,15). The van der Waals surface area contributed by atoms with Gasteiger partial charge in [0.25, 0.3) is 5.91 Å². The molecule has 2 unspecified atom stereocenters. The van der Waals surface area contributed by atoms with Gasteiger partial charge in [0.05, 0.1) is 12.5 Å². The molecular weight excluding hydrogens is 238 g/mol. The highest BCUT2D eigenvalue weighted by Gasteiger charge is 2.42. The third kappa shape index (κ3) is 3.20. The summed E-state index contributed by atoms with van der Waals surface area (Å²) in [6, 6.07) is -0.325. The minimum Gasteiger partial charge on any atom is -0.481 e. The van der Waals surface area contributed by atoms with Crippen molar-refractivity contribution in [3.63, 3.8) is 0 Å². The van der Waals surface area contributed by atoms with Crippen molar-refractivity contribution in [1.82, 2.24) is 4.90 Å². The Kier molecular flexibility index (Phi) is 4.70. The number of hydrogen-bond acceptors (Lipinski definition) is 4. The van der Waals surface area contributed by atoms with Crippen LogP contribution in [0.3, 0.4) is 0 Å². The normalized spacial score (nSPS) is 24.3. The number of methoxy groups -OCH3 is 2. The summed E-state index contributed by atoms with van der Waals surface area (Å²) in [6.45, 7) is 3.76. The molecule has 0 spiro atoms. The van der Waals surface area contributed by atoms with E-state index < -0.39 is 11.6 Å². The first-order valence-corrected chi connectivity index (χ1v) is 5.92. The van der Waals surface area contributed by atoms with E-state index in [0.29, 0.717) is 13.0 Å². The fraction of sp³-hybridized carbons (Fsp3) is 0.833. The molecule has 0 bridgehead atoms. The second-order valence-electron chi connectivity index (χ2n) is 5.02. The van der Waals surface area contributed by atoms with Gasteiger partial charge in [0, 0.05) is 26.8 Å². The smallest absolute Gasteiger partial charge is 0.305 e. The molecule has 1 heterocycles. The van der Waals surface area contributed by atoms with Crippen LogP contribution < -0.4 is 0 Å². The molecule has 104 valence electrons. The topological polar surface area (TPSA) is 76.1 Å². The van der Waals surface area contributed by atoms with Gasteiger partial charge in [-0.3, -0.25) is 9.59 Å². The largest absolute Gasteiger partial charge is 0.481 e. The summed E-state index contributed by atoms with van der Waals surface area (Å²) in [4.78, 5) is 24.7. The van der Waals surface area contributed by atoms with Gasteiger partial charge in [-0.15, -0.1) is 0 Å². The summed E-state index contributed by atoms with van der Waals surface area (Å²) in [5.41, 5.74) is -0.945. The monoisotopic (exact) mass is 259 g/mol. The minimum atomic E-state index is -0.945. The van der Waals surface area contributed by atoms with E-state index in [9.17, 15) is 9.59 Å². The number of carbonyl (C=O) groups is 2. The molecule has 0 radical (unpaired) electrons. The lowest BCUT2D eigenvalue weighted by molar-refractivity contribution is -0.153. The third-order valence-corrected chi connectivity index (χ3v) is 3.41. The summed E-state index contributed by atoms with van der Waals surface area (Å²) in [7, 11) is 3.03. The zero-order valence-electron chi connectivity index (χ0n) is 11.3. The van der Waals surface area contributed by atoms with Gasteiger partial charge in [0.15, 0.2) is 0 Å². The fourth-order valence-corrected chi connectivity index (χ4v) is 2.12. The first-order valence-electron chi connectivity index (χ1n) is 5.92. The first-order chi connectivity index (χ1) is 8.31. The maximum absolute atomic E-state index is 12.3. The molecule has 1 aliphatic heterocycles. The molecule has 1 N–H and O–H groups in total. The minimum absolute atomic E-state index is 0.0641. The van der Waals surface area contributed by atoms with Crippen LogP contribution in [0.4, 0.5) is 0 Å².